The van der Waals surface area contributed by atoms with Crippen molar-refractivity contribution in [3.05, 3.63) is 59.6 Å². The highest BCUT2D eigenvalue weighted by Crippen LogP contribution is 2.30. The molecular formula is C20H26N3O3-. The minimum atomic E-state index is -0.151. The maximum Gasteiger partial charge on any atom is 0.121 e. The second-order valence-corrected chi connectivity index (χ2v) is 6.66. The van der Waals surface area contributed by atoms with Crippen LogP contribution in [0.3, 0.4) is 0 Å². The number of pyridine rings is 1. The molecule has 1 saturated heterocycles. The first-order valence-corrected chi connectivity index (χ1v) is 9.27. The van der Waals surface area contributed by atoms with Gasteiger partial charge in [0.15, 0.2) is 0 Å². The number of anilines is 1. The Morgan fingerprint density at radius 1 is 1.23 bits per heavy atom. The van der Waals surface area contributed by atoms with Crippen molar-refractivity contribution < 1.29 is 9.94 Å². The monoisotopic (exact) mass is 356 g/mol. The average Bonchev–Trinajstić information content (AvgIpc) is 2.69. The van der Waals surface area contributed by atoms with Crippen molar-refractivity contribution in [3.63, 3.8) is 0 Å². The molecule has 140 valence electrons. The van der Waals surface area contributed by atoms with Gasteiger partial charge >= 0.3 is 0 Å². The van der Waals surface area contributed by atoms with E-state index in [1.165, 1.54) is 37.0 Å². The molecule has 3 rings (SSSR count). The van der Waals surface area contributed by atoms with Crippen LogP contribution >= 0.6 is 0 Å². The van der Waals surface area contributed by atoms with Crippen LogP contribution in [0.15, 0.2) is 48.8 Å². The summed E-state index contributed by atoms with van der Waals surface area (Å²) in [6.45, 7) is 2.78. The Bertz CT molecular complexity index is 666. The zero-order valence-corrected chi connectivity index (χ0v) is 15.0. The molecule has 1 fully saturated rings. The molecule has 1 aliphatic heterocycles. The minimum Gasteiger partial charge on any atom is -0.733 e. The number of ether oxygens (including phenoxy) is 1. The fraction of sp³-hybridized carbons (Fsp3) is 0.450. The average molecular weight is 356 g/mol. The molecule has 1 aromatic carbocycles. The number of rotatable bonds is 8. The van der Waals surface area contributed by atoms with E-state index in [1.807, 2.05) is 18.5 Å². The van der Waals surface area contributed by atoms with Crippen LogP contribution in [0.5, 0.6) is 5.75 Å². The molecule has 26 heavy (non-hydrogen) atoms. The molecule has 2 heterocycles. The van der Waals surface area contributed by atoms with E-state index in [2.05, 4.69) is 16.0 Å². The van der Waals surface area contributed by atoms with Gasteiger partial charge in [0.2, 0.25) is 0 Å². The molecule has 0 bridgehead atoms. The Hall–Kier alpha value is -2.15. The van der Waals surface area contributed by atoms with Crippen molar-refractivity contribution >= 4 is 5.69 Å². The first-order valence-electron chi connectivity index (χ1n) is 9.27. The summed E-state index contributed by atoms with van der Waals surface area (Å²) < 4.78 is 5.69. The lowest BCUT2D eigenvalue weighted by atomic mass is 9.96. The molecule has 1 N–H and O–H groups in total. The number of likely N-dealkylation sites (tertiary alicyclic amines) is 1. The fourth-order valence-electron chi connectivity index (χ4n) is 3.51. The van der Waals surface area contributed by atoms with Crippen LogP contribution in [-0.2, 0) is 0 Å². The van der Waals surface area contributed by atoms with Gasteiger partial charge in [0.05, 0.1) is 12.3 Å². The summed E-state index contributed by atoms with van der Waals surface area (Å²) in [5, 5.41) is 19.7. The molecule has 0 spiro atoms. The van der Waals surface area contributed by atoms with Crippen LogP contribution in [0.2, 0.25) is 0 Å². The van der Waals surface area contributed by atoms with Gasteiger partial charge in [0.1, 0.15) is 5.75 Å². The van der Waals surface area contributed by atoms with Crippen molar-refractivity contribution in [2.45, 2.75) is 38.1 Å². The summed E-state index contributed by atoms with van der Waals surface area (Å²) in [5.41, 5.74) is 1.49. The number of unbranched alkanes of at least 4 members (excludes halogenated alkanes) is 1. The Balaban J connectivity index is 1.43. The van der Waals surface area contributed by atoms with Crippen LogP contribution in [0.4, 0.5) is 5.69 Å². The maximum absolute atomic E-state index is 10.9. The van der Waals surface area contributed by atoms with Crippen molar-refractivity contribution in [2.24, 2.45) is 0 Å². The van der Waals surface area contributed by atoms with Gasteiger partial charge in [-0.3, -0.25) is 15.1 Å². The van der Waals surface area contributed by atoms with Gasteiger partial charge in [-0.1, -0.05) is 18.6 Å². The van der Waals surface area contributed by atoms with Crippen molar-refractivity contribution in [1.29, 1.82) is 0 Å². The fourth-order valence-corrected chi connectivity index (χ4v) is 3.51. The van der Waals surface area contributed by atoms with E-state index < -0.39 is 0 Å². The molecule has 1 atom stereocenters. The quantitative estimate of drug-likeness (QED) is 0.565. The van der Waals surface area contributed by atoms with Crippen LogP contribution in [-0.4, -0.2) is 34.8 Å². The summed E-state index contributed by atoms with van der Waals surface area (Å²) in [4.78, 5) is 6.82. The summed E-state index contributed by atoms with van der Waals surface area (Å²) in [6.07, 6.45) is 9.54. The number of hydrogen-bond acceptors (Lipinski definition) is 6. The van der Waals surface area contributed by atoms with Crippen LogP contribution in [0, 0.1) is 5.21 Å². The first-order chi connectivity index (χ1) is 12.7. The van der Waals surface area contributed by atoms with Gasteiger partial charge < -0.3 is 15.2 Å². The van der Waals surface area contributed by atoms with E-state index in [0.717, 1.165) is 25.9 Å². The topological polar surface area (TPSA) is 71.9 Å². The van der Waals surface area contributed by atoms with Gasteiger partial charge in [-0.25, -0.2) is 0 Å². The van der Waals surface area contributed by atoms with Gasteiger partial charge in [-0.2, -0.15) is 0 Å². The molecule has 6 nitrogen and oxygen atoms in total. The van der Waals surface area contributed by atoms with E-state index in [0.29, 0.717) is 18.4 Å². The maximum atomic E-state index is 10.9. The molecule has 6 heteroatoms. The number of benzene rings is 1. The first kappa shape index (κ1) is 18.6. The largest absolute Gasteiger partial charge is 0.733 e. The Morgan fingerprint density at radius 3 is 2.96 bits per heavy atom. The Morgan fingerprint density at radius 2 is 2.15 bits per heavy atom. The normalized spacial score (nSPS) is 17.8. The summed E-state index contributed by atoms with van der Waals surface area (Å²) >= 11 is 0. The smallest absolute Gasteiger partial charge is 0.121 e. The molecule has 2 aromatic rings. The highest BCUT2D eigenvalue weighted by Gasteiger charge is 2.23. The lowest BCUT2D eigenvalue weighted by Gasteiger charge is -2.35. The predicted octanol–water partition coefficient (Wildman–Crippen LogP) is 4.16. The molecule has 0 saturated carbocycles. The highest BCUT2D eigenvalue weighted by atomic mass is 16.8. The molecule has 0 aliphatic carbocycles. The third-order valence-electron chi connectivity index (χ3n) is 4.83. The molecule has 1 aromatic heterocycles. The molecule has 0 unspecified atom stereocenters. The molecule has 0 amide bonds. The number of aromatic nitrogens is 1. The second-order valence-electron chi connectivity index (χ2n) is 6.66. The van der Waals surface area contributed by atoms with E-state index in [1.54, 1.807) is 12.1 Å². The summed E-state index contributed by atoms with van der Waals surface area (Å²) in [5.74, 6) is 0.601. The number of nitrogens with zero attached hydrogens (tertiary/aromatic N) is 3. The van der Waals surface area contributed by atoms with Crippen LogP contribution < -0.4 is 9.96 Å². The predicted molar refractivity (Wildman–Crippen MR) is 101 cm³/mol. The van der Waals surface area contributed by atoms with Crippen molar-refractivity contribution in [3.8, 4) is 5.75 Å². The number of piperidine rings is 1. The van der Waals surface area contributed by atoms with E-state index in [-0.39, 0.29) is 10.9 Å². The summed E-state index contributed by atoms with van der Waals surface area (Å²) in [7, 11) is 0. The lowest BCUT2D eigenvalue weighted by Crippen LogP contribution is -2.34. The summed E-state index contributed by atoms with van der Waals surface area (Å²) in [6, 6.07) is 11.2. The van der Waals surface area contributed by atoms with E-state index >= 15 is 0 Å². The van der Waals surface area contributed by atoms with Crippen LogP contribution in [0.25, 0.3) is 0 Å². The van der Waals surface area contributed by atoms with Gasteiger partial charge in [-0.05, 0) is 62.5 Å². The Kier molecular flexibility index (Phi) is 6.82. The highest BCUT2D eigenvalue weighted by molar-refractivity contribution is 5.48. The molecular weight excluding hydrogens is 330 g/mol. The van der Waals surface area contributed by atoms with Crippen molar-refractivity contribution in [1.82, 2.24) is 9.88 Å². The van der Waals surface area contributed by atoms with E-state index in [4.69, 9.17) is 9.94 Å². The Labute approximate surface area is 154 Å². The van der Waals surface area contributed by atoms with Crippen molar-refractivity contribution in [2.75, 3.05) is 24.9 Å². The third kappa shape index (κ3) is 5.17. The SMILES string of the molecule is [O-]N(O)c1cccc(OCCCCN2CCCC[C@H]2c2cccnc2)c1. The minimum absolute atomic E-state index is 0.151. The van der Waals surface area contributed by atoms with E-state index in [9.17, 15) is 5.21 Å². The van der Waals surface area contributed by atoms with Crippen LogP contribution in [0.1, 0.15) is 43.7 Å². The standard InChI is InChI=1S/C20H26N3O3/c24-23(25)18-8-5-9-19(15-18)26-14-4-3-13-22-12-2-1-10-20(22)17-7-6-11-21-16-17/h5-9,11,15-16,20,24H,1-4,10,12-14H2/q-1/t20-/m0/s1. The van der Waals surface area contributed by atoms with Gasteiger partial charge in [0.25, 0.3) is 0 Å². The number of hydrogen-bond donors (Lipinski definition) is 1. The van der Waals surface area contributed by atoms with Gasteiger partial charge in [0, 0.05) is 24.5 Å². The zero-order chi connectivity index (χ0) is 18.2. The second kappa shape index (κ2) is 9.52. The lowest BCUT2D eigenvalue weighted by molar-refractivity contribution is 0.143. The third-order valence-corrected chi connectivity index (χ3v) is 4.83. The molecule has 0 radical (unpaired) electrons. The van der Waals surface area contributed by atoms with Gasteiger partial charge in [-0.15, -0.1) is 0 Å². The molecule has 1 aliphatic rings. The zero-order valence-electron chi connectivity index (χ0n) is 15.0.